The van der Waals surface area contributed by atoms with Gasteiger partial charge in [0.15, 0.2) is 0 Å². The Morgan fingerprint density at radius 2 is 1.81 bits per heavy atom. The van der Waals surface area contributed by atoms with Crippen LogP contribution in [-0.2, 0) is 16.0 Å². The number of hydrogen-bond donors (Lipinski definition) is 1. The highest BCUT2D eigenvalue weighted by molar-refractivity contribution is 5.88. The summed E-state index contributed by atoms with van der Waals surface area (Å²) in [5, 5.41) is 7.92. The molecule has 2 aromatic carbocycles. The van der Waals surface area contributed by atoms with Crippen molar-refractivity contribution in [2.45, 2.75) is 18.9 Å². The Bertz CT molecular complexity index is 1000. The molecule has 0 aliphatic carbocycles. The first-order valence-electron chi connectivity index (χ1n) is 9.12. The maximum Gasteiger partial charge on any atom is 0.272 e. The Kier molecular flexibility index (Phi) is 4.98. The fourth-order valence-corrected chi connectivity index (χ4v) is 3.64. The second-order valence-electron chi connectivity index (χ2n) is 6.64. The molecule has 6 heteroatoms. The number of carbonyl (C=O) groups excluding carboxylic acids is 1. The van der Waals surface area contributed by atoms with Crippen molar-refractivity contribution >= 4 is 16.7 Å². The minimum absolute atomic E-state index is 0.0148. The predicted octanol–water partition coefficient (Wildman–Crippen LogP) is 2.46. The standard InChI is InChI=1S/C21H21N3O3/c25-20(14-18-16-8-4-5-9-17(16)21(26)23-22-18)24-11-13-27-12-10-19(24)15-6-2-1-3-7-15/h1-9,19H,10-14H2,(H,23,26). The lowest BCUT2D eigenvalue weighted by Gasteiger charge is -2.30. The second-order valence-corrected chi connectivity index (χ2v) is 6.64. The largest absolute Gasteiger partial charge is 0.380 e. The summed E-state index contributed by atoms with van der Waals surface area (Å²) in [5.41, 5.74) is 1.45. The summed E-state index contributed by atoms with van der Waals surface area (Å²) in [4.78, 5) is 27.0. The van der Waals surface area contributed by atoms with E-state index in [0.29, 0.717) is 30.8 Å². The molecule has 1 aliphatic heterocycles. The second kappa shape index (κ2) is 7.72. The molecule has 138 valence electrons. The molecule has 4 rings (SSSR count). The molecule has 0 spiro atoms. The Hall–Kier alpha value is -2.99. The molecular formula is C21H21N3O3. The first-order valence-corrected chi connectivity index (χ1v) is 9.12. The molecule has 0 radical (unpaired) electrons. The Morgan fingerprint density at radius 3 is 2.63 bits per heavy atom. The number of rotatable bonds is 3. The number of hydrogen-bond acceptors (Lipinski definition) is 4. The van der Waals surface area contributed by atoms with Gasteiger partial charge in [-0.3, -0.25) is 9.59 Å². The lowest BCUT2D eigenvalue weighted by molar-refractivity contribution is -0.133. The van der Waals surface area contributed by atoms with Crippen molar-refractivity contribution in [1.82, 2.24) is 15.1 Å². The third-order valence-corrected chi connectivity index (χ3v) is 4.99. The molecule has 0 saturated carbocycles. The van der Waals surface area contributed by atoms with Crippen molar-refractivity contribution in [3.8, 4) is 0 Å². The zero-order chi connectivity index (χ0) is 18.6. The highest BCUT2D eigenvalue weighted by Gasteiger charge is 2.27. The van der Waals surface area contributed by atoms with Crippen LogP contribution in [0.2, 0.25) is 0 Å². The van der Waals surface area contributed by atoms with E-state index in [2.05, 4.69) is 10.2 Å². The minimum Gasteiger partial charge on any atom is -0.380 e. The van der Waals surface area contributed by atoms with E-state index in [0.717, 1.165) is 17.4 Å². The Balaban J connectivity index is 1.65. The van der Waals surface area contributed by atoms with Gasteiger partial charge < -0.3 is 9.64 Å². The van der Waals surface area contributed by atoms with Crippen molar-refractivity contribution in [3.63, 3.8) is 0 Å². The summed E-state index contributed by atoms with van der Waals surface area (Å²) in [7, 11) is 0. The molecule has 1 fully saturated rings. The quantitative estimate of drug-likeness (QED) is 0.776. The van der Waals surface area contributed by atoms with E-state index in [1.165, 1.54) is 0 Å². The Morgan fingerprint density at radius 1 is 1.07 bits per heavy atom. The maximum absolute atomic E-state index is 13.2. The molecule has 1 amide bonds. The van der Waals surface area contributed by atoms with E-state index in [-0.39, 0.29) is 23.9 Å². The highest BCUT2D eigenvalue weighted by atomic mass is 16.5. The van der Waals surface area contributed by atoms with E-state index in [9.17, 15) is 9.59 Å². The van der Waals surface area contributed by atoms with Crippen LogP contribution >= 0.6 is 0 Å². The average Bonchev–Trinajstić information content (AvgIpc) is 2.97. The van der Waals surface area contributed by atoms with Gasteiger partial charge in [-0.15, -0.1) is 0 Å². The minimum atomic E-state index is -0.243. The van der Waals surface area contributed by atoms with Crippen LogP contribution in [0.3, 0.4) is 0 Å². The van der Waals surface area contributed by atoms with E-state index in [4.69, 9.17) is 4.74 Å². The first kappa shape index (κ1) is 17.4. The van der Waals surface area contributed by atoms with Gasteiger partial charge in [-0.05, 0) is 18.1 Å². The summed E-state index contributed by atoms with van der Waals surface area (Å²) in [5.74, 6) is -0.0148. The van der Waals surface area contributed by atoms with Crippen molar-refractivity contribution < 1.29 is 9.53 Å². The highest BCUT2D eigenvalue weighted by Crippen LogP contribution is 2.27. The molecular weight excluding hydrogens is 342 g/mol. The summed E-state index contributed by atoms with van der Waals surface area (Å²) in [6.45, 7) is 1.69. The van der Waals surface area contributed by atoms with Gasteiger partial charge in [0.2, 0.25) is 5.91 Å². The van der Waals surface area contributed by atoms with E-state index < -0.39 is 0 Å². The SMILES string of the molecule is O=C(Cc1n[nH]c(=O)c2ccccc12)N1CCOCCC1c1ccccc1. The van der Waals surface area contributed by atoms with Crippen LogP contribution in [-0.4, -0.2) is 40.8 Å². The molecule has 1 N–H and O–H groups in total. The third kappa shape index (κ3) is 3.61. The monoisotopic (exact) mass is 363 g/mol. The van der Waals surface area contributed by atoms with Gasteiger partial charge in [0.1, 0.15) is 0 Å². The van der Waals surface area contributed by atoms with Crippen LogP contribution in [0.5, 0.6) is 0 Å². The van der Waals surface area contributed by atoms with Crippen molar-refractivity contribution in [2.75, 3.05) is 19.8 Å². The summed E-state index contributed by atoms with van der Waals surface area (Å²) in [6.07, 6.45) is 0.899. The summed E-state index contributed by atoms with van der Waals surface area (Å²) in [6, 6.07) is 17.3. The number of H-pyrrole nitrogens is 1. The molecule has 2 heterocycles. The summed E-state index contributed by atoms with van der Waals surface area (Å²) < 4.78 is 5.61. The third-order valence-electron chi connectivity index (χ3n) is 4.99. The van der Waals surface area contributed by atoms with Gasteiger partial charge in [-0.25, -0.2) is 5.10 Å². The fraction of sp³-hybridized carbons (Fsp3) is 0.286. The number of amides is 1. The number of fused-ring (bicyclic) bond motifs is 1. The zero-order valence-corrected chi connectivity index (χ0v) is 14.9. The summed E-state index contributed by atoms with van der Waals surface area (Å²) >= 11 is 0. The van der Waals surface area contributed by atoms with E-state index >= 15 is 0 Å². The van der Waals surface area contributed by atoms with Gasteiger partial charge >= 0.3 is 0 Å². The lowest BCUT2D eigenvalue weighted by Crippen LogP contribution is -2.37. The fourth-order valence-electron chi connectivity index (χ4n) is 3.64. The number of nitrogens with zero attached hydrogens (tertiary/aromatic N) is 2. The normalized spacial score (nSPS) is 17.6. The topological polar surface area (TPSA) is 75.3 Å². The van der Waals surface area contributed by atoms with Crippen molar-refractivity contribution in [1.29, 1.82) is 0 Å². The number of aromatic amines is 1. The van der Waals surface area contributed by atoms with E-state index in [1.54, 1.807) is 12.1 Å². The van der Waals surface area contributed by atoms with Crippen molar-refractivity contribution in [2.24, 2.45) is 0 Å². The molecule has 27 heavy (non-hydrogen) atoms. The smallest absolute Gasteiger partial charge is 0.272 e. The first-order chi connectivity index (χ1) is 13.2. The molecule has 1 saturated heterocycles. The number of carbonyl (C=O) groups is 1. The number of benzene rings is 2. The van der Waals surface area contributed by atoms with Crippen molar-refractivity contribution in [3.05, 3.63) is 76.2 Å². The van der Waals surface area contributed by atoms with Gasteiger partial charge in [0, 0.05) is 18.5 Å². The number of aromatic nitrogens is 2. The molecule has 1 aromatic heterocycles. The lowest BCUT2D eigenvalue weighted by atomic mass is 10.0. The number of nitrogens with one attached hydrogen (secondary N) is 1. The van der Waals surface area contributed by atoms with Crippen LogP contribution in [0.25, 0.3) is 10.8 Å². The van der Waals surface area contributed by atoms with E-state index in [1.807, 2.05) is 47.4 Å². The van der Waals surface area contributed by atoms with Crippen LogP contribution in [0.4, 0.5) is 0 Å². The number of ether oxygens (including phenoxy) is 1. The van der Waals surface area contributed by atoms with Gasteiger partial charge in [0.05, 0.1) is 30.1 Å². The molecule has 1 unspecified atom stereocenters. The Labute approximate surface area is 156 Å². The van der Waals surface area contributed by atoms with Crippen LogP contribution < -0.4 is 5.56 Å². The van der Waals surface area contributed by atoms with Gasteiger partial charge in [-0.2, -0.15) is 5.10 Å². The van der Waals surface area contributed by atoms with Gasteiger partial charge in [-0.1, -0.05) is 48.5 Å². The predicted molar refractivity (Wildman–Crippen MR) is 102 cm³/mol. The average molecular weight is 363 g/mol. The molecule has 3 aromatic rings. The maximum atomic E-state index is 13.2. The molecule has 1 aliphatic rings. The van der Waals surface area contributed by atoms with Gasteiger partial charge in [0.25, 0.3) is 5.56 Å². The molecule has 0 bridgehead atoms. The van der Waals surface area contributed by atoms with Crippen LogP contribution in [0, 0.1) is 0 Å². The zero-order valence-electron chi connectivity index (χ0n) is 14.9. The molecule has 1 atom stereocenters. The van der Waals surface area contributed by atoms with Crippen LogP contribution in [0.1, 0.15) is 23.7 Å². The molecule has 6 nitrogen and oxygen atoms in total. The van der Waals surface area contributed by atoms with Crippen LogP contribution in [0.15, 0.2) is 59.4 Å².